The van der Waals surface area contributed by atoms with Gasteiger partial charge in [0.05, 0.1) is 11.5 Å². The smallest absolute Gasteiger partial charge is 0.243 e. The first-order chi connectivity index (χ1) is 13.1. The highest BCUT2D eigenvalue weighted by Gasteiger charge is 2.31. The summed E-state index contributed by atoms with van der Waals surface area (Å²) in [5.74, 6) is 0.870. The maximum atomic E-state index is 13.1. The Bertz CT molecular complexity index is 992. The fourth-order valence-electron chi connectivity index (χ4n) is 3.75. The van der Waals surface area contributed by atoms with Crippen LogP contribution < -0.4 is 4.74 Å². The van der Waals surface area contributed by atoms with E-state index in [1.54, 1.807) is 28.6 Å². The molecule has 0 saturated carbocycles. The molecule has 6 heteroatoms. The van der Waals surface area contributed by atoms with E-state index in [2.05, 4.69) is 23.2 Å². The topological polar surface area (TPSA) is 62.4 Å². The summed E-state index contributed by atoms with van der Waals surface area (Å²) in [4.78, 5) is 3.78. The normalized spacial score (nSPS) is 18.6. The number of sulfonamides is 1. The highest BCUT2D eigenvalue weighted by atomic mass is 32.2. The maximum absolute atomic E-state index is 13.1. The third-order valence-electron chi connectivity index (χ3n) is 5.15. The summed E-state index contributed by atoms with van der Waals surface area (Å²) in [6, 6.07) is 17.0. The summed E-state index contributed by atoms with van der Waals surface area (Å²) >= 11 is 0. The molecule has 1 atom stereocenters. The number of aromatic amines is 1. The van der Waals surface area contributed by atoms with Crippen molar-refractivity contribution in [2.24, 2.45) is 0 Å². The molecule has 1 unspecified atom stereocenters. The molecule has 1 saturated heterocycles. The number of nitrogens with zero attached hydrogens (tertiary/aromatic N) is 1. The second kappa shape index (κ2) is 7.37. The van der Waals surface area contributed by atoms with Gasteiger partial charge in [0.2, 0.25) is 10.0 Å². The summed E-state index contributed by atoms with van der Waals surface area (Å²) in [5.41, 5.74) is 2.21. The zero-order valence-corrected chi connectivity index (χ0v) is 16.2. The van der Waals surface area contributed by atoms with Crippen LogP contribution in [-0.2, 0) is 10.0 Å². The van der Waals surface area contributed by atoms with Crippen molar-refractivity contribution in [1.29, 1.82) is 0 Å². The van der Waals surface area contributed by atoms with Crippen molar-refractivity contribution in [2.75, 3.05) is 19.7 Å². The number of hydrogen-bond acceptors (Lipinski definition) is 3. The molecule has 1 aliphatic rings. The number of hydrogen-bond donors (Lipinski definition) is 1. The molecule has 0 bridgehead atoms. The molecule has 2 heterocycles. The lowest BCUT2D eigenvalue weighted by atomic mass is 9.96. The fraction of sp³-hybridized carbons (Fsp3) is 0.333. The van der Waals surface area contributed by atoms with E-state index in [9.17, 15) is 8.42 Å². The Morgan fingerprint density at radius 3 is 2.67 bits per heavy atom. The van der Waals surface area contributed by atoms with Gasteiger partial charge in [-0.25, -0.2) is 8.42 Å². The van der Waals surface area contributed by atoms with E-state index in [-0.39, 0.29) is 5.92 Å². The van der Waals surface area contributed by atoms with Crippen molar-refractivity contribution in [3.05, 3.63) is 60.3 Å². The molecule has 27 heavy (non-hydrogen) atoms. The van der Waals surface area contributed by atoms with Crippen LogP contribution in [-0.4, -0.2) is 37.4 Å². The van der Waals surface area contributed by atoms with E-state index < -0.39 is 10.0 Å². The summed E-state index contributed by atoms with van der Waals surface area (Å²) in [5, 5.41) is 1.17. The van der Waals surface area contributed by atoms with Gasteiger partial charge in [0.15, 0.2) is 0 Å². The van der Waals surface area contributed by atoms with Crippen LogP contribution in [0.15, 0.2) is 59.5 Å². The molecule has 3 aromatic rings. The second-order valence-electron chi connectivity index (χ2n) is 6.92. The van der Waals surface area contributed by atoms with Gasteiger partial charge in [0, 0.05) is 30.2 Å². The van der Waals surface area contributed by atoms with Crippen LogP contribution in [0.2, 0.25) is 0 Å². The highest BCUT2D eigenvalue weighted by Crippen LogP contribution is 2.32. The van der Waals surface area contributed by atoms with Crippen LogP contribution in [0, 0.1) is 0 Å². The first-order valence-electron chi connectivity index (χ1n) is 9.38. The number of rotatable bonds is 5. The van der Waals surface area contributed by atoms with Crippen molar-refractivity contribution >= 4 is 20.9 Å². The third kappa shape index (κ3) is 3.59. The molecule has 5 nitrogen and oxygen atoms in total. The van der Waals surface area contributed by atoms with E-state index in [0.717, 1.165) is 24.1 Å². The molecule has 142 valence electrons. The van der Waals surface area contributed by atoms with Crippen LogP contribution in [0.5, 0.6) is 5.75 Å². The Hall–Kier alpha value is -2.31. The van der Waals surface area contributed by atoms with Gasteiger partial charge in [-0.3, -0.25) is 0 Å². The van der Waals surface area contributed by atoms with Gasteiger partial charge in [-0.05, 0) is 61.5 Å². The lowest BCUT2D eigenvalue weighted by Gasteiger charge is -2.31. The minimum Gasteiger partial charge on any atom is -0.494 e. The van der Waals surface area contributed by atoms with Crippen LogP contribution in [0.3, 0.4) is 0 Å². The zero-order chi connectivity index (χ0) is 18.9. The Kier molecular flexibility index (Phi) is 4.93. The Balaban J connectivity index is 1.56. The lowest BCUT2D eigenvalue weighted by Crippen LogP contribution is -2.39. The average Bonchev–Trinajstić information content (AvgIpc) is 3.13. The number of ether oxygens (including phenoxy) is 1. The van der Waals surface area contributed by atoms with E-state index in [1.807, 2.05) is 19.1 Å². The number of benzene rings is 2. The minimum absolute atomic E-state index is 0.184. The summed E-state index contributed by atoms with van der Waals surface area (Å²) in [7, 11) is -3.50. The molecule has 1 fully saturated rings. The summed E-state index contributed by atoms with van der Waals surface area (Å²) in [6.45, 7) is 3.53. The Labute approximate surface area is 160 Å². The maximum Gasteiger partial charge on any atom is 0.243 e. The van der Waals surface area contributed by atoms with E-state index in [1.165, 1.54) is 5.39 Å². The largest absolute Gasteiger partial charge is 0.494 e. The molecule has 0 aliphatic carbocycles. The van der Waals surface area contributed by atoms with Crippen LogP contribution in [0.1, 0.15) is 31.4 Å². The van der Waals surface area contributed by atoms with Gasteiger partial charge in [-0.2, -0.15) is 4.31 Å². The summed E-state index contributed by atoms with van der Waals surface area (Å²) < 4.78 is 33.2. The quantitative estimate of drug-likeness (QED) is 0.719. The van der Waals surface area contributed by atoms with Gasteiger partial charge in [0.25, 0.3) is 0 Å². The molecule has 4 rings (SSSR count). The van der Waals surface area contributed by atoms with Crippen molar-refractivity contribution in [2.45, 2.75) is 30.6 Å². The standard InChI is InChI=1S/C21H24N2O3S/c1-2-26-18-9-11-19(12-10-18)27(24,25)23-13-5-7-17(15-23)21-14-16-6-3-4-8-20(16)22-21/h3-4,6,8-12,14,17,22H,2,5,7,13,15H2,1H3. The summed E-state index contributed by atoms with van der Waals surface area (Å²) in [6.07, 6.45) is 1.85. The van der Waals surface area contributed by atoms with Crippen LogP contribution >= 0.6 is 0 Å². The number of aromatic nitrogens is 1. The molecule has 1 N–H and O–H groups in total. The molecule has 0 spiro atoms. The van der Waals surface area contributed by atoms with Crippen LogP contribution in [0.4, 0.5) is 0 Å². The van der Waals surface area contributed by atoms with Gasteiger partial charge in [-0.15, -0.1) is 0 Å². The Morgan fingerprint density at radius 2 is 1.93 bits per heavy atom. The molecule has 1 aromatic heterocycles. The predicted molar refractivity (Wildman–Crippen MR) is 107 cm³/mol. The highest BCUT2D eigenvalue weighted by molar-refractivity contribution is 7.89. The first kappa shape index (κ1) is 18.1. The van der Waals surface area contributed by atoms with E-state index in [4.69, 9.17) is 4.74 Å². The van der Waals surface area contributed by atoms with E-state index in [0.29, 0.717) is 30.3 Å². The van der Waals surface area contributed by atoms with Gasteiger partial charge >= 0.3 is 0 Å². The number of fused-ring (bicyclic) bond motifs is 1. The van der Waals surface area contributed by atoms with Crippen LogP contribution in [0.25, 0.3) is 10.9 Å². The number of para-hydroxylation sites is 1. The van der Waals surface area contributed by atoms with E-state index >= 15 is 0 Å². The second-order valence-corrected chi connectivity index (χ2v) is 8.86. The molecule has 1 aliphatic heterocycles. The molecule has 0 amide bonds. The predicted octanol–water partition coefficient (Wildman–Crippen LogP) is 4.13. The zero-order valence-electron chi connectivity index (χ0n) is 15.4. The number of nitrogens with one attached hydrogen (secondary N) is 1. The molecular weight excluding hydrogens is 360 g/mol. The fourth-order valence-corrected chi connectivity index (χ4v) is 5.28. The molecule has 0 radical (unpaired) electrons. The number of piperidine rings is 1. The number of H-pyrrole nitrogens is 1. The van der Waals surface area contributed by atoms with Gasteiger partial charge < -0.3 is 9.72 Å². The van der Waals surface area contributed by atoms with Crippen molar-refractivity contribution in [1.82, 2.24) is 9.29 Å². The van der Waals surface area contributed by atoms with Gasteiger partial charge in [-0.1, -0.05) is 18.2 Å². The lowest BCUT2D eigenvalue weighted by molar-refractivity contribution is 0.313. The molecular formula is C21H24N2O3S. The third-order valence-corrected chi connectivity index (χ3v) is 7.03. The van der Waals surface area contributed by atoms with Crippen molar-refractivity contribution in [3.8, 4) is 5.75 Å². The Morgan fingerprint density at radius 1 is 1.15 bits per heavy atom. The minimum atomic E-state index is -3.50. The monoisotopic (exact) mass is 384 g/mol. The van der Waals surface area contributed by atoms with Crippen molar-refractivity contribution in [3.63, 3.8) is 0 Å². The van der Waals surface area contributed by atoms with Crippen molar-refractivity contribution < 1.29 is 13.2 Å². The first-order valence-corrected chi connectivity index (χ1v) is 10.8. The SMILES string of the molecule is CCOc1ccc(S(=O)(=O)N2CCCC(c3cc4ccccc4[nH]3)C2)cc1. The van der Waals surface area contributed by atoms with Gasteiger partial charge in [0.1, 0.15) is 5.75 Å². The average molecular weight is 385 g/mol. The molecule has 2 aromatic carbocycles.